The molecule has 0 unspecified atom stereocenters. The summed E-state index contributed by atoms with van der Waals surface area (Å²) in [6, 6.07) is 0. The zero-order chi connectivity index (χ0) is 21.1. The summed E-state index contributed by atoms with van der Waals surface area (Å²) in [7, 11) is 0. The number of aliphatic hydroxyl groups is 2. The van der Waals surface area contributed by atoms with Gasteiger partial charge in [-0.3, -0.25) is 9.97 Å². The predicted molar refractivity (Wildman–Crippen MR) is 115 cm³/mol. The first-order valence-corrected chi connectivity index (χ1v) is 10.5. The standard InChI is InChI=1S/C9H12ClN3O.C5H11NO.C4H2Cl2N2/c10-8-5-11-6-9(12-8)13-3-1-7(14)2-4-13;7-5-1-3-6-4-2-5;5-3-1-7-2-4(6)8-3/h5-7,14H,1-4H2;5-7H,1-4H2;1-2H. The highest BCUT2D eigenvalue weighted by molar-refractivity contribution is 6.32. The molecule has 0 aromatic carbocycles. The Labute approximate surface area is 185 Å². The van der Waals surface area contributed by atoms with Gasteiger partial charge in [-0.05, 0) is 38.8 Å². The molecule has 2 aromatic heterocycles. The molecule has 0 spiro atoms. The minimum absolute atomic E-state index is 0.0266. The Balaban J connectivity index is 0.000000170. The van der Waals surface area contributed by atoms with Gasteiger partial charge in [-0.25, -0.2) is 9.97 Å². The molecule has 29 heavy (non-hydrogen) atoms. The van der Waals surface area contributed by atoms with E-state index in [2.05, 4.69) is 30.2 Å². The summed E-state index contributed by atoms with van der Waals surface area (Å²) in [4.78, 5) is 17.5. The molecule has 0 atom stereocenters. The van der Waals surface area contributed by atoms with Gasteiger partial charge in [0, 0.05) is 13.1 Å². The van der Waals surface area contributed by atoms with Crippen molar-refractivity contribution >= 4 is 40.6 Å². The van der Waals surface area contributed by atoms with Gasteiger partial charge in [0.05, 0.1) is 37.0 Å². The van der Waals surface area contributed by atoms with Gasteiger partial charge >= 0.3 is 0 Å². The summed E-state index contributed by atoms with van der Waals surface area (Å²) < 4.78 is 0. The highest BCUT2D eigenvalue weighted by Gasteiger charge is 2.18. The van der Waals surface area contributed by atoms with E-state index in [4.69, 9.17) is 39.9 Å². The van der Waals surface area contributed by atoms with Gasteiger partial charge in [-0.15, -0.1) is 0 Å². The van der Waals surface area contributed by atoms with Crippen LogP contribution in [0, 0.1) is 0 Å². The van der Waals surface area contributed by atoms with Crippen molar-refractivity contribution < 1.29 is 10.2 Å². The van der Waals surface area contributed by atoms with Crippen molar-refractivity contribution in [2.24, 2.45) is 0 Å². The maximum absolute atomic E-state index is 9.34. The molecule has 160 valence electrons. The number of piperidine rings is 2. The van der Waals surface area contributed by atoms with Gasteiger partial charge in [0.1, 0.15) is 21.3 Å². The number of aromatic nitrogens is 4. The number of hydrogen-bond acceptors (Lipinski definition) is 8. The molecule has 0 saturated carbocycles. The minimum atomic E-state index is -0.168. The van der Waals surface area contributed by atoms with Crippen molar-refractivity contribution in [1.29, 1.82) is 0 Å². The summed E-state index contributed by atoms with van der Waals surface area (Å²) in [5.41, 5.74) is 0. The van der Waals surface area contributed by atoms with Crippen LogP contribution < -0.4 is 10.2 Å². The van der Waals surface area contributed by atoms with E-state index in [1.54, 1.807) is 6.20 Å². The van der Waals surface area contributed by atoms with Gasteiger partial charge < -0.3 is 20.4 Å². The average Bonchev–Trinajstić information content (AvgIpc) is 2.70. The third kappa shape index (κ3) is 9.84. The van der Waals surface area contributed by atoms with Gasteiger partial charge in [-0.2, -0.15) is 0 Å². The Kier molecular flexibility index (Phi) is 10.8. The highest BCUT2D eigenvalue weighted by Crippen LogP contribution is 2.18. The third-order valence-electron chi connectivity index (χ3n) is 4.27. The smallest absolute Gasteiger partial charge is 0.149 e. The van der Waals surface area contributed by atoms with E-state index in [1.165, 1.54) is 18.6 Å². The van der Waals surface area contributed by atoms with E-state index in [1.807, 2.05) is 0 Å². The number of nitrogens with one attached hydrogen (secondary N) is 1. The van der Waals surface area contributed by atoms with E-state index in [9.17, 15) is 5.11 Å². The Hall–Kier alpha value is -1.29. The lowest BCUT2D eigenvalue weighted by molar-refractivity contribution is 0.137. The van der Waals surface area contributed by atoms with Gasteiger partial charge in [0.2, 0.25) is 0 Å². The molecule has 0 radical (unpaired) electrons. The van der Waals surface area contributed by atoms with E-state index < -0.39 is 0 Å². The van der Waals surface area contributed by atoms with Crippen LogP contribution >= 0.6 is 34.8 Å². The lowest BCUT2D eigenvalue weighted by atomic mass is 10.1. The Morgan fingerprint density at radius 1 is 0.759 bits per heavy atom. The molecule has 2 saturated heterocycles. The van der Waals surface area contributed by atoms with E-state index in [0.717, 1.165) is 57.7 Å². The Morgan fingerprint density at radius 3 is 1.66 bits per heavy atom. The molecule has 0 amide bonds. The van der Waals surface area contributed by atoms with Crippen molar-refractivity contribution in [2.45, 2.75) is 37.9 Å². The van der Waals surface area contributed by atoms with Gasteiger partial charge in [0.15, 0.2) is 0 Å². The van der Waals surface area contributed by atoms with Crippen molar-refractivity contribution in [2.75, 3.05) is 31.1 Å². The number of rotatable bonds is 1. The van der Waals surface area contributed by atoms with Crippen molar-refractivity contribution in [3.8, 4) is 0 Å². The second kappa shape index (κ2) is 13.1. The maximum atomic E-state index is 9.34. The number of aliphatic hydroxyl groups excluding tert-OH is 2. The van der Waals surface area contributed by atoms with Crippen LogP contribution in [0.25, 0.3) is 0 Å². The fourth-order valence-electron chi connectivity index (χ4n) is 2.71. The molecule has 3 N–H and O–H groups in total. The molecule has 0 aliphatic carbocycles. The molecule has 2 aliphatic rings. The van der Waals surface area contributed by atoms with Crippen LogP contribution in [0.15, 0.2) is 24.8 Å². The number of hydrogen-bond donors (Lipinski definition) is 3. The molecule has 4 heterocycles. The molecule has 4 rings (SSSR count). The minimum Gasteiger partial charge on any atom is -0.393 e. The zero-order valence-electron chi connectivity index (χ0n) is 15.9. The topological polar surface area (TPSA) is 107 Å². The van der Waals surface area contributed by atoms with Crippen molar-refractivity contribution in [3.05, 3.63) is 40.2 Å². The molecule has 8 nitrogen and oxygen atoms in total. The lowest BCUT2D eigenvalue weighted by Crippen LogP contribution is -2.36. The average molecular weight is 464 g/mol. The summed E-state index contributed by atoms with van der Waals surface area (Å²) in [5.74, 6) is 0.796. The molecule has 2 aromatic rings. The van der Waals surface area contributed by atoms with Crippen LogP contribution in [-0.2, 0) is 0 Å². The van der Waals surface area contributed by atoms with Crippen LogP contribution in [0.5, 0.6) is 0 Å². The first-order valence-electron chi connectivity index (χ1n) is 9.36. The number of halogens is 3. The van der Waals surface area contributed by atoms with Crippen molar-refractivity contribution in [3.63, 3.8) is 0 Å². The molecule has 0 bridgehead atoms. The maximum Gasteiger partial charge on any atom is 0.149 e. The van der Waals surface area contributed by atoms with E-state index in [0.29, 0.717) is 15.5 Å². The summed E-state index contributed by atoms with van der Waals surface area (Å²) >= 11 is 16.5. The number of nitrogens with zero attached hydrogens (tertiary/aromatic N) is 5. The van der Waals surface area contributed by atoms with Gasteiger partial charge in [-0.1, -0.05) is 34.8 Å². The quantitative estimate of drug-likeness (QED) is 0.592. The van der Waals surface area contributed by atoms with Crippen LogP contribution in [0.2, 0.25) is 15.5 Å². The first-order chi connectivity index (χ1) is 13.9. The lowest BCUT2D eigenvalue weighted by Gasteiger charge is -2.30. The normalized spacial score (nSPS) is 17.6. The Morgan fingerprint density at radius 2 is 1.24 bits per heavy atom. The van der Waals surface area contributed by atoms with Crippen LogP contribution in [0.3, 0.4) is 0 Å². The van der Waals surface area contributed by atoms with E-state index >= 15 is 0 Å². The monoisotopic (exact) mass is 462 g/mol. The predicted octanol–water partition coefficient (Wildman–Crippen LogP) is 2.61. The highest BCUT2D eigenvalue weighted by atomic mass is 35.5. The summed E-state index contributed by atoms with van der Waals surface area (Å²) in [6.45, 7) is 3.61. The van der Waals surface area contributed by atoms with Crippen LogP contribution in [0.4, 0.5) is 5.82 Å². The zero-order valence-corrected chi connectivity index (χ0v) is 18.2. The van der Waals surface area contributed by atoms with Crippen LogP contribution in [-0.4, -0.2) is 68.5 Å². The van der Waals surface area contributed by atoms with E-state index in [-0.39, 0.29) is 12.2 Å². The van der Waals surface area contributed by atoms with Gasteiger partial charge in [0.25, 0.3) is 0 Å². The SMILES string of the molecule is Clc1cncc(Cl)n1.OC1CCN(c2cncc(Cl)n2)CC1.OC1CCNCC1. The molecule has 11 heteroatoms. The fraction of sp³-hybridized carbons (Fsp3) is 0.556. The second-order valence-electron chi connectivity index (χ2n) is 6.56. The first kappa shape index (κ1) is 24.0. The second-order valence-corrected chi connectivity index (χ2v) is 7.73. The third-order valence-corrected chi connectivity index (χ3v) is 4.81. The Bertz CT molecular complexity index is 711. The molecular formula is C18H25Cl3N6O2. The van der Waals surface area contributed by atoms with Crippen LogP contribution in [0.1, 0.15) is 25.7 Å². The largest absolute Gasteiger partial charge is 0.393 e. The molecular weight excluding hydrogens is 439 g/mol. The molecule has 2 aliphatic heterocycles. The van der Waals surface area contributed by atoms with Crippen molar-refractivity contribution in [1.82, 2.24) is 25.3 Å². The number of anilines is 1. The summed E-state index contributed by atoms with van der Waals surface area (Å²) in [6.07, 6.45) is 9.30. The molecule has 2 fully saturated rings. The summed E-state index contributed by atoms with van der Waals surface area (Å²) in [5, 5.41) is 22.4. The fourth-order valence-corrected chi connectivity index (χ4v) is 3.19.